The minimum Gasteiger partial charge on any atom is -0.388 e. The van der Waals surface area contributed by atoms with E-state index in [9.17, 15) is 9.90 Å². The van der Waals surface area contributed by atoms with E-state index in [4.69, 9.17) is 5.11 Å². The Morgan fingerprint density at radius 1 is 0.967 bits per heavy atom. The van der Waals surface area contributed by atoms with Crippen LogP contribution in [0.25, 0.3) is 0 Å². The van der Waals surface area contributed by atoms with Gasteiger partial charge in [0.05, 0.1) is 6.10 Å². The first-order valence-corrected chi connectivity index (χ1v) is 10.9. The molecule has 3 N–H and O–H groups in total. The number of nitrogens with one attached hydrogen (secondary N) is 1. The fourth-order valence-electron chi connectivity index (χ4n) is 3.91. The molecule has 30 heavy (non-hydrogen) atoms. The average Bonchev–Trinajstić information content (AvgIpc) is 2.80. The second-order valence-electron chi connectivity index (χ2n) is 7.86. The van der Waals surface area contributed by atoms with E-state index in [1.807, 2.05) is 6.07 Å². The van der Waals surface area contributed by atoms with Crippen molar-refractivity contribution in [3.63, 3.8) is 0 Å². The number of aliphatic hydroxyl groups is 2. The van der Waals surface area contributed by atoms with Crippen LogP contribution in [0, 0.1) is 0 Å². The van der Waals surface area contributed by atoms with Gasteiger partial charge in [-0.3, -0.25) is 9.69 Å². The molecule has 1 heterocycles. The number of carbonyl (C=O) groups is 1. The van der Waals surface area contributed by atoms with E-state index in [-0.39, 0.29) is 0 Å². The Morgan fingerprint density at radius 2 is 1.73 bits per heavy atom. The predicted octanol–water partition coefficient (Wildman–Crippen LogP) is 3.03. The van der Waals surface area contributed by atoms with Crippen LogP contribution in [0.1, 0.15) is 37.4 Å². The number of benzene rings is 2. The van der Waals surface area contributed by atoms with Crippen molar-refractivity contribution >= 4 is 17.3 Å². The van der Waals surface area contributed by atoms with Gasteiger partial charge in [0.1, 0.15) is 6.61 Å². The second kappa shape index (κ2) is 11.7. The lowest BCUT2D eigenvalue weighted by atomic mass is 10.0. The highest BCUT2D eigenvalue weighted by Crippen LogP contribution is 2.23. The number of nitrogens with zero attached hydrogens (tertiary/aromatic N) is 2. The summed E-state index contributed by atoms with van der Waals surface area (Å²) >= 11 is 0. The summed E-state index contributed by atoms with van der Waals surface area (Å²) in [7, 11) is 0. The number of amides is 1. The molecule has 1 amide bonds. The minimum atomic E-state index is -0.548. The van der Waals surface area contributed by atoms with Gasteiger partial charge in [0.25, 0.3) is 0 Å². The van der Waals surface area contributed by atoms with Gasteiger partial charge in [-0.25, -0.2) is 0 Å². The van der Waals surface area contributed by atoms with E-state index in [2.05, 4.69) is 45.4 Å². The normalized spacial score (nSPS) is 15.7. The van der Waals surface area contributed by atoms with E-state index >= 15 is 0 Å². The number of anilines is 2. The van der Waals surface area contributed by atoms with Crippen molar-refractivity contribution in [1.82, 2.24) is 4.90 Å². The molecule has 1 unspecified atom stereocenters. The molecule has 1 saturated heterocycles. The van der Waals surface area contributed by atoms with Crippen LogP contribution in [-0.4, -0.2) is 60.4 Å². The Balaban J connectivity index is 1.31. The zero-order valence-electron chi connectivity index (χ0n) is 17.5. The number of piperazine rings is 1. The smallest absolute Gasteiger partial charge is 0.250 e. The van der Waals surface area contributed by atoms with Gasteiger partial charge in [-0.05, 0) is 49.2 Å². The van der Waals surface area contributed by atoms with Gasteiger partial charge in [0.15, 0.2) is 0 Å². The SMILES string of the molecule is O=C(CO)Nc1cccc(C(O)CCCCCN2CCN(c3ccccc3)CC2)c1. The van der Waals surface area contributed by atoms with Crippen molar-refractivity contribution in [3.05, 3.63) is 60.2 Å². The zero-order chi connectivity index (χ0) is 21.2. The monoisotopic (exact) mass is 411 g/mol. The molecule has 1 aliphatic rings. The van der Waals surface area contributed by atoms with Crippen LogP contribution in [0.5, 0.6) is 0 Å². The molecule has 1 fully saturated rings. The van der Waals surface area contributed by atoms with Crippen molar-refractivity contribution in [2.75, 3.05) is 49.5 Å². The molecule has 0 spiro atoms. The lowest BCUT2D eigenvalue weighted by Crippen LogP contribution is -2.46. The molecule has 0 radical (unpaired) electrons. The van der Waals surface area contributed by atoms with Gasteiger partial charge in [-0.15, -0.1) is 0 Å². The number of carbonyl (C=O) groups excluding carboxylic acids is 1. The lowest BCUT2D eigenvalue weighted by Gasteiger charge is -2.36. The largest absolute Gasteiger partial charge is 0.388 e. The molecule has 2 aromatic carbocycles. The molecule has 0 aliphatic carbocycles. The van der Waals surface area contributed by atoms with E-state index in [1.54, 1.807) is 18.2 Å². The summed E-state index contributed by atoms with van der Waals surface area (Å²) in [4.78, 5) is 16.3. The second-order valence-corrected chi connectivity index (χ2v) is 7.86. The molecule has 6 nitrogen and oxygen atoms in total. The third kappa shape index (κ3) is 6.83. The molecule has 1 atom stereocenters. The van der Waals surface area contributed by atoms with Crippen LogP contribution >= 0.6 is 0 Å². The van der Waals surface area contributed by atoms with Crippen LogP contribution in [0.2, 0.25) is 0 Å². The maximum absolute atomic E-state index is 11.3. The molecule has 162 valence electrons. The highest BCUT2D eigenvalue weighted by molar-refractivity contribution is 5.91. The first-order valence-electron chi connectivity index (χ1n) is 10.9. The number of rotatable bonds is 10. The van der Waals surface area contributed by atoms with Gasteiger partial charge in [-0.1, -0.05) is 43.2 Å². The van der Waals surface area contributed by atoms with Crippen LogP contribution in [0.4, 0.5) is 11.4 Å². The minimum absolute atomic E-state index is 0.453. The molecule has 6 heteroatoms. The van der Waals surface area contributed by atoms with E-state index in [0.717, 1.165) is 57.5 Å². The number of hydrogen-bond donors (Lipinski definition) is 3. The lowest BCUT2D eigenvalue weighted by molar-refractivity contribution is -0.118. The first-order chi connectivity index (χ1) is 14.7. The van der Waals surface area contributed by atoms with Crippen molar-refractivity contribution < 1.29 is 15.0 Å². The maximum Gasteiger partial charge on any atom is 0.250 e. The molecule has 0 aromatic heterocycles. The molecule has 0 bridgehead atoms. The summed E-state index contributed by atoms with van der Waals surface area (Å²) in [5.74, 6) is -0.453. The summed E-state index contributed by atoms with van der Waals surface area (Å²) in [6, 6.07) is 17.8. The summed E-state index contributed by atoms with van der Waals surface area (Å²) in [5.41, 5.74) is 2.70. The Morgan fingerprint density at radius 3 is 2.47 bits per heavy atom. The van der Waals surface area contributed by atoms with Gasteiger partial charge >= 0.3 is 0 Å². The summed E-state index contributed by atoms with van der Waals surface area (Å²) in [6.07, 6.45) is 3.38. The number of para-hydroxylation sites is 1. The van der Waals surface area contributed by atoms with Gasteiger partial charge < -0.3 is 20.4 Å². The van der Waals surface area contributed by atoms with Crippen LogP contribution in [0.15, 0.2) is 54.6 Å². The summed E-state index contributed by atoms with van der Waals surface area (Å²) in [5, 5.41) is 21.9. The Bertz CT molecular complexity index is 776. The fourth-order valence-corrected chi connectivity index (χ4v) is 3.91. The topological polar surface area (TPSA) is 76.0 Å². The Hall–Kier alpha value is -2.41. The van der Waals surface area contributed by atoms with Crippen molar-refractivity contribution in [1.29, 1.82) is 0 Å². The Labute approximate surface area is 179 Å². The molecule has 1 aliphatic heterocycles. The van der Waals surface area contributed by atoms with Gasteiger partial charge in [-0.2, -0.15) is 0 Å². The predicted molar refractivity (Wildman–Crippen MR) is 121 cm³/mol. The number of unbranched alkanes of at least 4 members (excludes halogenated alkanes) is 2. The Kier molecular flexibility index (Phi) is 8.68. The van der Waals surface area contributed by atoms with Crippen molar-refractivity contribution in [2.45, 2.75) is 31.8 Å². The van der Waals surface area contributed by atoms with Crippen LogP contribution in [0.3, 0.4) is 0 Å². The molecule has 0 saturated carbocycles. The quantitative estimate of drug-likeness (QED) is 0.524. The van der Waals surface area contributed by atoms with Gasteiger partial charge in [0, 0.05) is 37.6 Å². The van der Waals surface area contributed by atoms with E-state index in [1.165, 1.54) is 5.69 Å². The van der Waals surface area contributed by atoms with Crippen LogP contribution in [-0.2, 0) is 4.79 Å². The van der Waals surface area contributed by atoms with Crippen molar-refractivity contribution in [2.24, 2.45) is 0 Å². The van der Waals surface area contributed by atoms with Crippen LogP contribution < -0.4 is 10.2 Å². The van der Waals surface area contributed by atoms with Gasteiger partial charge in [0.2, 0.25) is 5.91 Å². The summed E-state index contributed by atoms with van der Waals surface area (Å²) < 4.78 is 0. The maximum atomic E-state index is 11.3. The molecule has 2 aromatic rings. The number of aliphatic hydroxyl groups excluding tert-OH is 2. The standard InChI is InChI=1S/C24H33N3O3/c28-19-24(30)25-21-9-7-8-20(18-21)23(29)12-5-2-6-13-26-14-16-27(17-15-26)22-10-3-1-4-11-22/h1,3-4,7-11,18,23,28-29H,2,5-6,12-17,19H2,(H,25,30). The average molecular weight is 412 g/mol. The molecule has 3 rings (SSSR count). The zero-order valence-corrected chi connectivity index (χ0v) is 17.5. The third-order valence-corrected chi connectivity index (χ3v) is 5.64. The number of hydrogen-bond acceptors (Lipinski definition) is 5. The molecular weight excluding hydrogens is 378 g/mol. The highest BCUT2D eigenvalue weighted by Gasteiger charge is 2.16. The van der Waals surface area contributed by atoms with E-state index in [0.29, 0.717) is 12.1 Å². The molecular formula is C24H33N3O3. The fraction of sp³-hybridized carbons (Fsp3) is 0.458. The highest BCUT2D eigenvalue weighted by atomic mass is 16.3. The van der Waals surface area contributed by atoms with Crippen molar-refractivity contribution in [3.8, 4) is 0 Å². The third-order valence-electron chi connectivity index (χ3n) is 5.64. The van der Waals surface area contributed by atoms with E-state index < -0.39 is 18.6 Å². The summed E-state index contributed by atoms with van der Waals surface area (Å²) in [6.45, 7) is 4.92. The first kappa shape index (κ1) is 22.3.